The van der Waals surface area contributed by atoms with Crippen molar-refractivity contribution < 1.29 is 18.3 Å². The first kappa shape index (κ1) is 21.3. The van der Waals surface area contributed by atoms with Crippen molar-refractivity contribution in [2.45, 2.75) is 56.8 Å². The van der Waals surface area contributed by atoms with Gasteiger partial charge in [0.05, 0.1) is 22.7 Å². The lowest BCUT2D eigenvalue weighted by Crippen LogP contribution is -2.31. The van der Waals surface area contributed by atoms with E-state index in [0.717, 1.165) is 47.7 Å². The summed E-state index contributed by atoms with van der Waals surface area (Å²) in [7, 11) is 0. The van der Waals surface area contributed by atoms with E-state index < -0.39 is 18.2 Å². The zero-order chi connectivity index (χ0) is 22.7. The van der Waals surface area contributed by atoms with Crippen LogP contribution >= 0.6 is 11.6 Å². The molecule has 5 rings (SSSR count). The number of alkyl halides is 3. The van der Waals surface area contributed by atoms with E-state index in [1.807, 2.05) is 19.1 Å². The molecule has 0 amide bonds. The molecule has 1 saturated carbocycles. The number of hydrogen-bond donors (Lipinski definition) is 1. The Morgan fingerprint density at radius 3 is 2.62 bits per heavy atom. The van der Waals surface area contributed by atoms with Crippen LogP contribution in [0, 0.1) is 0 Å². The maximum Gasteiger partial charge on any atom is 0.394 e. The number of aromatic nitrogens is 3. The molecular weight excluding hydrogens is 439 g/mol. The minimum absolute atomic E-state index is 0.0555. The van der Waals surface area contributed by atoms with E-state index in [2.05, 4.69) is 27.9 Å². The molecule has 0 aliphatic heterocycles. The Labute approximate surface area is 188 Å². The van der Waals surface area contributed by atoms with Gasteiger partial charge in [0.15, 0.2) is 5.65 Å². The summed E-state index contributed by atoms with van der Waals surface area (Å²) in [6, 6.07) is 10.2. The monoisotopic (exact) mass is 461 g/mol. The van der Waals surface area contributed by atoms with Crippen molar-refractivity contribution in [1.29, 1.82) is 0 Å². The number of rotatable bonds is 3. The third-order valence-electron chi connectivity index (χ3n) is 6.54. The van der Waals surface area contributed by atoms with Gasteiger partial charge in [-0.05, 0) is 62.4 Å². The van der Waals surface area contributed by atoms with Gasteiger partial charge in [0.25, 0.3) is 0 Å². The van der Waals surface area contributed by atoms with Crippen molar-refractivity contribution in [3.63, 3.8) is 0 Å². The Morgan fingerprint density at radius 2 is 1.91 bits per heavy atom. The van der Waals surface area contributed by atoms with E-state index in [1.54, 1.807) is 12.3 Å². The van der Waals surface area contributed by atoms with Crippen LogP contribution in [-0.2, 0) is 6.42 Å². The molecule has 1 N–H and O–H groups in total. The van der Waals surface area contributed by atoms with Gasteiger partial charge in [-0.3, -0.25) is 0 Å². The fraction of sp³-hybridized carbons (Fsp3) is 0.375. The second kappa shape index (κ2) is 7.52. The summed E-state index contributed by atoms with van der Waals surface area (Å²) >= 11 is 6.57. The Bertz CT molecular complexity index is 1300. The molecule has 0 saturated heterocycles. The second-order valence-electron chi connectivity index (χ2n) is 9.00. The quantitative estimate of drug-likeness (QED) is 0.374. The van der Waals surface area contributed by atoms with Gasteiger partial charge in [0, 0.05) is 41.1 Å². The molecule has 1 aromatic carbocycles. The van der Waals surface area contributed by atoms with E-state index >= 15 is 0 Å². The maximum absolute atomic E-state index is 12.8. The second-order valence-corrected chi connectivity index (χ2v) is 9.38. The highest BCUT2D eigenvalue weighted by atomic mass is 35.5. The molecule has 4 aromatic rings. The molecule has 0 radical (unpaired) electrons. The smallest absolute Gasteiger partial charge is 0.390 e. The number of halogens is 4. The molecule has 0 spiro atoms. The molecule has 168 valence electrons. The van der Waals surface area contributed by atoms with Gasteiger partial charge < -0.3 is 14.1 Å². The highest BCUT2D eigenvalue weighted by Gasteiger charge is 2.31. The molecule has 0 atom stereocenters. The number of fused-ring (bicyclic) bond motifs is 2. The number of imidazole rings is 1. The van der Waals surface area contributed by atoms with E-state index in [-0.39, 0.29) is 5.69 Å². The van der Waals surface area contributed by atoms with Crippen LogP contribution in [0.3, 0.4) is 0 Å². The normalized spacial score (nSPS) is 22.1. The zero-order valence-corrected chi connectivity index (χ0v) is 18.3. The van der Waals surface area contributed by atoms with Crippen molar-refractivity contribution in [3.8, 4) is 11.1 Å². The average Bonchev–Trinajstić information content (AvgIpc) is 3.31. The summed E-state index contributed by atoms with van der Waals surface area (Å²) in [6.07, 6.45) is 2.96. The van der Waals surface area contributed by atoms with Crippen LogP contribution in [0.15, 0.2) is 48.9 Å². The molecule has 1 aliphatic rings. The highest BCUT2D eigenvalue weighted by Crippen LogP contribution is 2.38. The first-order valence-electron chi connectivity index (χ1n) is 10.7. The van der Waals surface area contributed by atoms with E-state index in [1.165, 1.54) is 10.6 Å². The first-order chi connectivity index (χ1) is 15.1. The van der Waals surface area contributed by atoms with Crippen molar-refractivity contribution >= 4 is 28.2 Å². The van der Waals surface area contributed by atoms with Crippen molar-refractivity contribution in [2.24, 2.45) is 0 Å². The van der Waals surface area contributed by atoms with E-state index in [9.17, 15) is 18.3 Å². The summed E-state index contributed by atoms with van der Waals surface area (Å²) in [5.74, 6) is 0. The fourth-order valence-corrected chi connectivity index (χ4v) is 5.09. The Balaban J connectivity index is 1.48. The molecule has 8 heteroatoms. The summed E-state index contributed by atoms with van der Waals surface area (Å²) < 4.78 is 42.1. The molecule has 3 aromatic heterocycles. The standard InChI is InChI=1S/C24H23ClF3N3O/c1-23(32)8-4-17(5-9-23)30-10-6-16-12-15(2-3-20(16)30)19-7-11-31-18(13-24(26,27)28)14-29-22(31)21(19)25/h2-3,6-7,10-12,14,17,32H,4-5,8-9,13H2,1H3/t17-,23-. The number of aliphatic hydroxyl groups is 1. The molecular formula is C24H23ClF3N3O. The molecule has 0 unspecified atom stereocenters. The molecule has 0 bridgehead atoms. The van der Waals surface area contributed by atoms with E-state index in [0.29, 0.717) is 16.7 Å². The first-order valence-corrected chi connectivity index (χ1v) is 11.0. The average molecular weight is 462 g/mol. The summed E-state index contributed by atoms with van der Waals surface area (Å²) in [5.41, 5.74) is 2.52. The Kier molecular flexibility index (Phi) is 5.02. The van der Waals surface area contributed by atoms with Crippen LogP contribution in [0.5, 0.6) is 0 Å². The SMILES string of the molecule is C[C@]1(O)CC[C@H](n2ccc3cc(-c4ccn5c(CC(F)(F)F)cnc5c4Cl)ccc32)CC1. The predicted octanol–water partition coefficient (Wildman–Crippen LogP) is 6.58. The minimum atomic E-state index is -4.31. The molecule has 1 aliphatic carbocycles. The Morgan fingerprint density at radius 1 is 1.16 bits per heavy atom. The van der Waals surface area contributed by atoms with Crippen LogP contribution in [0.2, 0.25) is 5.02 Å². The number of pyridine rings is 1. The van der Waals surface area contributed by atoms with Gasteiger partial charge >= 0.3 is 6.18 Å². The van der Waals surface area contributed by atoms with Crippen LogP contribution < -0.4 is 0 Å². The van der Waals surface area contributed by atoms with Crippen LogP contribution in [-0.4, -0.2) is 30.8 Å². The maximum atomic E-state index is 12.8. The van der Waals surface area contributed by atoms with Gasteiger partial charge in [0.1, 0.15) is 0 Å². The Hall–Kier alpha value is -2.51. The van der Waals surface area contributed by atoms with Crippen molar-refractivity contribution in [1.82, 2.24) is 14.0 Å². The zero-order valence-electron chi connectivity index (χ0n) is 17.5. The van der Waals surface area contributed by atoms with Crippen LogP contribution in [0.25, 0.3) is 27.7 Å². The summed E-state index contributed by atoms with van der Waals surface area (Å²) in [5, 5.41) is 11.6. The number of benzene rings is 1. The van der Waals surface area contributed by atoms with E-state index in [4.69, 9.17) is 11.6 Å². The summed E-state index contributed by atoms with van der Waals surface area (Å²) in [6.45, 7) is 1.90. The highest BCUT2D eigenvalue weighted by molar-refractivity contribution is 6.36. The van der Waals surface area contributed by atoms with Crippen LogP contribution in [0.4, 0.5) is 13.2 Å². The van der Waals surface area contributed by atoms with Gasteiger partial charge in [-0.25, -0.2) is 4.98 Å². The largest absolute Gasteiger partial charge is 0.394 e. The lowest BCUT2D eigenvalue weighted by atomic mass is 9.83. The van der Waals surface area contributed by atoms with Crippen molar-refractivity contribution in [3.05, 3.63) is 59.6 Å². The molecule has 32 heavy (non-hydrogen) atoms. The van der Waals surface area contributed by atoms with Gasteiger partial charge in [-0.2, -0.15) is 13.2 Å². The van der Waals surface area contributed by atoms with Gasteiger partial charge in [0.2, 0.25) is 0 Å². The van der Waals surface area contributed by atoms with Gasteiger partial charge in [-0.15, -0.1) is 0 Å². The summed E-state index contributed by atoms with van der Waals surface area (Å²) in [4.78, 5) is 4.13. The van der Waals surface area contributed by atoms with Gasteiger partial charge in [-0.1, -0.05) is 17.7 Å². The molecule has 3 heterocycles. The predicted molar refractivity (Wildman–Crippen MR) is 119 cm³/mol. The third-order valence-corrected chi connectivity index (χ3v) is 6.91. The van der Waals surface area contributed by atoms with Crippen LogP contribution in [0.1, 0.15) is 44.3 Å². The minimum Gasteiger partial charge on any atom is -0.390 e. The lowest BCUT2D eigenvalue weighted by molar-refractivity contribution is -0.127. The lowest BCUT2D eigenvalue weighted by Gasteiger charge is -2.34. The molecule has 4 nitrogen and oxygen atoms in total. The number of nitrogens with zero attached hydrogens (tertiary/aromatic N) is 3. The molecule has 1 fully saturated rings. The van der Waals surface area contributed by atoms with Crippen molar-refractivity contribution in [2.75, 3.05) is 0 Å². The third kappa shape index (κ3) is 3.88. The fourth-order valence-electron chi connectivity index (χ4n) is 4.78. The topological polar surface area (TPSA) is 42.5 Å². The number of hydrogen-bond acceptors (Lipinski definition) is 2.